The van der Waals surface area contributed by atoms with Gasteiger partial charge in [-0.2, -0.15) is 0 Å². The van der Waals surface area contributed by atoms with Crippen LogP contribution in [0.1, 0.15) is 29.7 Å². The molecule has 10 aromatic rings. The Kier molecular flexibility index (Phi) is 10.0. The summed E-state index contributed by atoms with van der Waals surface area (Å²) in [6.07, 6.45) is 18.6. The first-order chi connectivity index (χ1) is 31.6. The number of hydrogen-bond acceptors (Lipinski definition) is 2. The predicted molar refractivity (Wildman–Crippen MR) is 276 cm³/mol. The monoisotopic (exact) mass is 819 g/mol. The Morgan fingerprint density at radius 3 is 1.77 bits per heavy atom. The molecule has 0 bridgehead atoms. The average molecular weight is 820 g/mol. The zero-order valence-corrected chi connectivity index (χ0v) is 35.5. The number of furan rings is 1. The van der Waals surface area contributed by atoms with Crippen LogP contribution >= 0.6 is 0 Å². The van der Waals surface area contributed by atoms with Gasteiger partial charge >= 0.3 is 0 Å². The quantitative estimate of drug-likeness (QED) is 0.101. The van der Waals surface area contributed by atoms with Crippen LogP contribution in [0, 0.1) is 0 Å². The second-order valence-electron chi connectivity index (χ2n) is 16.5. The molecule has 0 saturated carbocycles. The highest BCUT2D eigenvalue weighted by Crippen LogP contribution is 2.41. The van der Waals surface area contributed by atoms with Crippen LogP contribution in [0.2, 0.25) is 0 Å². The third-order valence-electron chi connectivity index (χ3n) is 12.7. The van der Waals surface area contributed by atoms with Crippen LogP contribution in [0.15, 0.2) is 235 Å². The SMILES string of the molecule is C=C/C=C\c1cc2ccccc2cc1-c1ccc(N(C2=C(/C=C/c3c(C=C)oc4cc5ccccc5cc34)C=CCC2)c2ccc(-c3cc4ccccc4c4ccccc34)cc2)cc1. The Labute approximate surface area is 374 Å². The van der Waals surface area contributed by atoms with Crippen molar-refractivity contribution in [2.45, 2.75) is 12.8 Å². The van der Waals surface area contributed by atoms with Crippen LogP contribution in [0.5, 0.6) is 0 Å². The number of allylic oxidation sites excluding steroid dienone is 7. The molecule has 1 aromatic heterocycles. The molecule has 1 aliphatic rings. The van der Waals surface area contributed by atoms with E-state index in [0.717, 1.165) is 68.6 Å². The summed E-state index contributed by atoms with van der Waals surface area (Å²) in [6, 6.07) is 63.9. The number of anilines is 2. The second-order valence-corrected chi connectivity index (χ2v) is 16.5. The lowest BCUT2D eigenvalue weighted by atomic mass is 9.93. The van der Waals surface area contributed by atoms with Gasteiger partial charge in [0.05, 0.1) is 0 Å². The molecule has 9 aromatic carbocycles. The van der Waals surface area contributed by atoms with Crippen molar-refractivity contribution in [3.63, 3.8) is 0 Å². The Morgan fingerprint density at radius 1 is 0.500 bits per heavy atom. The molecule has 0 atom stereocenters. The molecule has 64 heavy (non-hydrogen) atoms. The topological polar surface area (TPSA) is 16.4 Å². The molecule has 2 heteroatoms. The van der Waals surface area contributed by atoms with E-state index in [4.69, 9.17) is 4.42 Å². The van der Waals surface area contributed by atoms with Gasteiger partial charge in [0.1, 0.15) is 11.3 Å². The fourth-order valence-electron chi connectivity index (χ4n) is 9.53. The van der Waals surface area contributed by atoms with Crippen LogP contribution in [-0.4, -0.2) is 0 Å². The summed E-state index contributed by atoms with van der Waals surface area (Å²) in [5, 5.41) is 10.9. The van der Waals surface area contributed by atoms with Crippen LogP contribution in [-0.2, 0) is 0 Å². The average Bonchev–Trinajstić information content (AvgIpc) is 3.70. The molecule has 0 N–H and O–H groups in total. The molecule has 2 nitrogen and oxygen atoms in total. The first kappa shape index (κ1) is 38.7. The predicted octanol–water partition coefficient (Wildman–Crippen LogP) is 17.7. The van der Waals surface area contributed by atoms with Crippen molar-refractivity contribution < 1.29 is 4.42 Å². The molecule has 0 radical (unpaired) electrons. The molecule has 0 aliphatic heterocycles. The minimum absolute atomic E-state index is 0.767. The maximum absolute atomic E-state index is 6.39. The van der Waals surface area contributed by atoms with Crippen molar-refractivity contribution in [3.8, 4) is 22.3 Å². The van der Waals surface area contributed by atoms with Crippen LogP contribution in [0.3, 0.4) is 0 Å². The lowest BCUT2D eigenvalue weighted by Gasteiger charge is -2.31. The maximum atomic E-state index is 6.39. The highest BCUT2D eigenvalue weighted by atomic mass is 16.3. The molecular weight excluding hydrogens is 775 g/mol. The Morgan fingerprint density at radius 2 is 1.08 bits per heavy atom. The number of fused-ring (bicyclic) bond motifs is 6. The van der Waals surface area contributed by atoms with Crippen molar-refractivity contribution in [2.75, 3.05) is 4.90 Å². The van der Waals surface area contributed by atoms with Gasteiger partial charge in [-0.1, -0.05) is 171 Å². The van der Waals surface area contributed by atoms with Gasteiger partial charge in [-0.25, -0.2) is 0 Å². The summed E-state index contributed by atoms with van der Waals surface area (Å²) in [6.45, 7) is 8.07. The lowest BCUT2D eigenvalue weighted by molar-refractivity contribution is 0.604. The van der Waals surface area contributed by atoms with Gasteiger partial charge in [-0.05, 0) is 156 Å². The summed E-state index contributed by atoms with van der Waals surface area (Å²) in [5.41, 5.74) is 12.4. The van der Waals surface area contributed by atoms with Gasteiger partial charge in [0, 0.05) is 28.0 Å². The van der Waals surface area contributed by atoms with Gasteiger partial charge in [-0.15, -0.1) is 0 Å². The highest BCUT2D eigenvalue weighted by Gasteiger charge is 2.21. The Hall–Kier alpha value is -8.20. The number of nitrogens with zero attached hydrogens (tertiary/aromatic N) is 1. The van der Waals surface area contributed by atoms with Gasteiger partial charge in [0.15, 0.2) is 0 Å². The molecule has 304 valence electrons. The van der Waals surface area contributed by atoms with Crippen LogP contribution < -0.4 is 4.90 Å². The number of hydrogen-bond donors (Lipinski definition) is 0. The minimum Gasteiger partial charge on any atom is -0.456 e. The third-order valence-corrected chi connectivity index (χ3v) is 12.7. The summed E-state index contributed by atoms with van der Waals surface area (Å²) < 4.78 is 6.39. The van der Waals surface area contributed by atoms with Gasteiger partial charge in [0.25, 0.3) is 0 Å². The van der Waals surface area contributed by atoms with E-state index in [0.29, 0.717) is 0 Å². The molecule has 1 aliphatic carbocycles. The molecule has 0 amide bonds. The lowest BCUT2D eigenvalue weighted by Crippen LogP contribution is -2.19. The van der Waals surface area contributed by atoms with E-state index < -0.39 is 0 Å². The first-order valence-electron chi connectivity index (χ1n) is 22.0. The Balaban J connectivity index is 1.05. The van der Waals surface area contributed by atoms with Crippen molar-refractivity contribution in [1.82, 2.24) is 0 Å². The molecule has 0 unspecified atom stereocenters. The van der Waals surface area contributed by atoms with E-state index in [1.807, 2.05) is 18.2 Å². The summed E-state index contributed by atoms with van der Waals surface area (Å²) in [4.78, 5) is 2.45. The van der Waals surface area contributed by atoms with Gasteiger partial charge in [0.2, 0.25) is 0 Å². The minimum atomic E-state index is 0.767. The van der Waals surface area contributed by atoms with E-state index in [9.17, 15) is 0 Å². The van der Waals surface area contributed by atoms with E-state index in [1.54, 1.807) is 0 Å². The van der Waals surface area contributed by atoms with Crippen molar-refractivity contribution in [2.24, 2.45) is 0 Å². The first-order valence-corrected chi connectivity index (χ1v) is 22.0. The van der Waals surface area contributed by atoms with Crippen LogP contribution in [0.4, 0.5) is 11.4 Å². The third kappa shape index (κ3) is 7.06. The molecule has 0 fully saturated rings. The summed E-state index contributed by atoms with van der Waals surface area (Å²) >= 11 is 0. The Bertz CT molecular complexity index is 3570. The normalized spacial score (nSPS) is 13.1. The fourth-order valence-corrected chi connectivity index (χ4v) is 9.53. The molecule has 0 spiro atoms. The van der Waals surface area contributed by atoms with E-state index >= 15 is 0 Å². The van der Waals surface area contributed by atoms with E-state index in [2.05, 4.69) is 224 Å². The maximum Gasteiger partial charge on any atom is 0.136 e. The number of benzene rings is 9. The van der Waals surface area contributed by atoms with Crippen molar-refractivity contribution >= 4 is 83.7 Å². The van der Waals surface area contributed by atoms with Gasteiger partial charge < -0.3 is 9.32 Å². The van der Waals surface area contributed by atoms with Crippen molar-refractivity contribution in [1.29, 1.82) is 0 Å². The molecule has 1 heterocycles. The second kappa shape index (κ2) is 16.6. The van der Waals surface area contributed by atoms with E-state index in [-0.39, 0.29) is 0 Å². The number of rotatable bonds is 10. The standard InChI is InChI=1S/C62H45NO/c1-3-5-16-49-37-45-18-6-7-19-46(45)38-57(49)42-27-32-51(33-28-42)63(52-34-29-43(30-35-52)58-40-50-22-10-12-23-53(50)54-24-13-14-25-55(54)58)60-26-15-11-17-44(60)31-36-56-59-39-47-20-8-9-21-48(47)41-62(59)64-61(56)4-2/h3-14,16-25,27-41H,1-2,15,26H2/b16-5-,36-31+. The molecule has 0 saturated heterocycles. The zero-order valence-electron chi connectivity index (χ0n) is 35.5. The van der Waals surface area contributed by atoms with Crippen LogP contribution in [0.25, 0.3) is 94.5 Å². The molecule has 11 rings (SSSR count). The largest absolute Gasteiger partial charge is 0.456 e. The fraction of sp³-hybridized carbons (Fsp3) is 0.0323. The summed E-state index contributed by atoms with van der Waals surface area (Å²) in [7, 11) is 0. The summed E-state index contributed by atoms with van der Waals surface area (Å²) in [5.74, 6) is 0.767. The van der Waals surface area contributed by atoms with E-state index in [1.165, 1.54) is 60.1 Å². The zero-order chi connectivity index (χ0) is 43.0. The molecular formula is C62H45NO. The smallest absolute Gasteiger partial charge is 0.136 e. The van der Waals surface area contributed by atoms with Crippen molar-refractivity contribution in [3.05, 3.63) is 248 Å². The highest BCUT2D eigenvalue weighted by molar-refractivity contribution is 6.14. The van der Waals surface area contributed by atoms with Gasteiger partial charge in [-0.3, -0.25) is 0 Å².